The number of nitrogens with one attached hydrogen (secondary N) is 3. The second kappa shape index (κ2) is 10.3. The van der Waals surface area contributed by atoms with Crippen molar-refractivity contribution in [3.8, 4) is 0 Å². The Morgan fingerprint density at radius 1 is 1.18 bits per heavy atom. The van der Waals surface area contributed by atoms with Crippen molar-refractivity contribution in [3.63, 3.8) is 0 Å². The average molecular weight is 553 g/mol. The second-order valence-corrected chi connectivity index (χ2v) is 8.86. The number of carbonyl (C=O) groups excluding carboxylic acids is 1. The number of imidazole rings is 1. The molecule has 17 heteroatoms. The molecule has 3 heterocycles. The zero-order valence-corrected chi connectivity index (χ0v) is 19.8. The van der Waals surface area contributed by atoms with Crippen molar-refractivity contribution in [2.75, 3.05) is 5.32 Å². The predicted molar refractivity (Wildman–Crippen MR) is 116 cm³/mol. The van der Waals surface area contributed by atoms with Crippen LogP contribution in [0.4, 0.5) is 47.3 Å². The Labute approximate surface area is 209 Å². The van der Waals surface area contributed by atoms with Crippen LogP contribution in [0.2, 0.25) is 0 Å². The second-order valence-electron chi connectivity index (χ2n) is 8.86. The molecule has 1 aliphatic rings. The maximum atomic E-state index is 15.0. The topological polar surface area (TPSA) is 118 Å². The molecule has 0 spiro atoms. The molecule has 0 saturated heterocycles. The van der Waals surface area contributed by atoms with E-state index >= 15 is 4.39 Å². The minimum absolute atomic E-state index is 0.0379. The van der Waals surface area contributed by atoms with Gasteiger partial charge in [-0.15, -0.1) is 13.2 Å². The Morgan fingerprint density at radius 2 is 1.92 bits per heavy atom. The first-order valence-corrected chi connectivity index (χ1v) is 11.3. The van der Waals surface area contributed by atoms with Gasteiger partial charge < -0.3 is 15.4 Å². The molecule has 10 nitrogen and oxygen atoms in total. The largest absolute Gasteiger partial charge is 0.522 e. The Balaban J connectivity index is 1.54. The van der Waals surface area contributed by atoms with E-state index in [1.807, 2.05) is 0 Å². The fourth-order valence-corrected chi connectivity index (χ4v) is 3.98. The molecule has 3 aromatic rings. The lowest BCUT2D eigenvalue weighted by atomic mass is 10.0. The summed E-state index contributed by atoms with van der Waals surface area (Å²) < 4.78 is 102. The summed E-state index contributed by atoms with van der Waals surface area (Å²) in [5.74, 6) is -1.22. The number of hydrogen-bond donors (Lipinski definition) is 3. The highest BCUT2D eigenvalue weighted by Crippen LogP contribution is 2.39. The number of aromatic amines is 1. The summed E-state index contributed by atoms with van der Waals surface area (Å²) in [6.07, 6.45) is -11.6. The first-order chi connectivity index (χ1) is 17.7. The van der Waals surface area contributed by atoms with Crippen molar-refractivity contribution in [1.29, 1.82) is 0 Å². The van der Waals surface area contributed by atoms with Crippen LogP contribution in [-0.2, 0) is 22.3 Å². The number of nitrogens with zero attached hydrogens (tertiary/aromatic N) is 4. The lowest BCUT2D eigenvalue weighted by Gasteiger charge is -2.18. The molecule has 1 aliphatic carbocycles. The van der Waals surface area contributed by atoms with Gasteiger partial charge in [-0.25, -0.2) is 19.2 Å². The van der Waals surface area contributed by atoms with Crippen molar-refractivity contribution < 1.29 is 45.0 Å². The smallest absolute Gasteiger partial charge is 0.443 e. The predicted octanol–water partition coefficient (Wildman–Crippen LogP) is 4.97. The van der Waals surface area contributed by atoms with Gasteiger partial charge in [-0.1, -0.05) is 0 Å². The van der Waals surface area contributed by atoms with Gasteiger partial charge in [0.05, 0.1) is 12.3 Å². The maximum Gasteiger partial charge on any atom is 0.522 e. The summed E-state index contributed by atoms with van der Waals surface area (Å²) >= 11 is 0. The number of halogens is 7. The molecule has 0 radical (unpaired) electrons. The number of fused-ring (bicyclic) bond motifs is 1. The number of hydrogen-bond acceptors (Lipinski definition) is 7. The Bertz CT molecular complexity index is 1290. The summed E-state index contributed by atoms with van der Waals surface area (Å²) in [7, 11) is 0. The maximum absolute atomic E-state index is 15.0. The number of aromatic nitrogens is 5. The van der Waals surface area contributed by atoms with Crippen molar-refractivity contribution in [3.05, 3.63) is 35.4 Å². The summed E-state index contributed by atoms with van der Waals surface area (Å²) in [5, 5.41) is 11.6. The van der Waals surface area contributed by atoms with E-state index in [1.165, 1.54) is 6.07 Å². The van der Waals surface area contributed by atoms with Gasteiger partial charge in [-0.3, -0.25) is 14.2 Å². The zero-order chi connectivity index (χ0) is 27.8. The normalized spacial score (nSPS) is 20.3. The van der Waals surface area contributed by atoms with Crippen molar-refractivity contribution >= 4 is 23.5 Å². The molecule has 1 fully saturated rings. The van der Waals surface area contributed by atoms with Crippen LogP contribution in [-0.4, -0.2) is 55.3 Å². The third-order valence-electron chi connectivity index (χ3n) is 5.58. The average Bonchev–Trinajstić information content (AvgIpc) is 3.50. The zero-order valence-electron chi connectivity index (χ0n) is 19.8. The number of rotatable bonds is 7. The Morgan fingerprint density at radius 3 is 2.58 bits per heavy atom. The Hall–Kier alpha value is -3.63. The quantitative estimate of drug-likeness (QED) is 0.354. The third-order valence-corrected chi connectivity index (χ3v) is 5.58. The number of carbonyl (C=O) groups is 1. The molecule has 3 N–H and O–H groups in total. The summed E-state index contributed by atoms with van der Waals surface area (Å²) in [6.45, 7) is 2.41. The summed E-state index contributed by atoms with van der Waals surface area (Å²) in [5.41, 5.74) is -1.70. The lowest BCUT2D eigenvalue weighted by Crippen LogP contribution is -2.36. The van der Waals surface area contributed by atoms with E-state index in [2.05, 4.69) is 35.5 Å². The molecule has 0 bridgehead atoms. The van der Waals surface area contributed by atoms with E-state index in [-0.39, 0.29) is 29.6 Å². The molecular formula is C21H22F7N7O3. The highest BCUT2D eigenvalue weighted by atomic mass is 19.4. The van der Waals surface area contributed by atoms with Gasteiger partial charge in [0.2, 0.25) is 5.95 Å². The van der Waals surface area contributed by atoms with Crippen LogP contribution < -0.4 is 10.6 Å². The van der Waals surface area contributed by atoms with Crippen LogP contribution in [0.5, 0.6) is 0 Å². The fraction of sp³-hybridized carbons (Fsp3) is 0.524. The molecule has 0 aliphatic heterocycles. The monoisotopic (exact) mass is 553 g/mol. The van der Waals surface area contributed by atoms with E-state index in [0.717, 1.165) is 10.6 Å². The number of alkyl carbamates (subject to hydrolysis) is 1. The van der Waals surface area contributed by atoms with Crippen LogP contribution in [0.25, 0.3) is 5.65 Å². The number of anilines is 2. The van der Waals surface area contributed by atoms with Gasteiger partial charge in [0.25, 0.3) is 0 Å². The molecule has 3 atom stereocenters. The van der Waals surface area contributed by atoms with Crippen LogP contribution in [0.3, 0.4) is 0 Å². The van der Waals surface area contributed by atoms with Crippen LogP contribution in [0.1, 0.15) is 49.7 Å². The number of amides is 1. The number of H-pyrrole nitrogens is 1. The number of ether oxygens (including phenoxy) is 2. The molecule has 3 aromatic heterocycles. The Kier molecular flexibility index (Phi) is 7.40. The van der Waals surface area contributed by atoms with Gasteiger partial charge in [-0.05, 0) is 26.7 Å². The van der Waals surface area contributed by atoms with Gasteiger partial charge in [0.15, 0.2) is 11.5 Å². The van der Waals surface area contributed by atoms with Gasteiger partial charge in [0, 0.05) is 36.0 Å². The van der Waals surface area contributed by atoms with Gasteiger partial charge >= 0.3 is 18.6 Å². The molecular weight excluding hydrogens is 531 g/mol. The van der Waals surface area contributed by atoms with Crippen LogP contribution in [0, 0.1) is 0 Å². The standard InChI is InChI=1S/C21H22F7N7O3/c1-9(2)29-19(36)38-13-4-3-11(17(13)22)12-5-15(34-33-12)32-18-31-14(20(23,24)25)6-16-30-10(7-35(16)18)8-37-21(26,27)28/h5-7,9,11,13,17H,3-4,8H2,1-2H3,(H,29,36)(H2,31,32,33,34)/t11-,13-,17+/m1/s1. The van der Waals surface area contributed by atoms with Gasteiger partial charge in [-0.2, -0.15) is 18.3 Å². The molecule has 4 rings (SSSR count). The molecule has 1 amide bonds. The van der Waals surface area contributed by atoms with Crippen molar-refractivity contribution in [2.24, 2.45) is 0 Å². The molecule has 1 saturated carbocycles. The molecule has 208 valence electrons. The first kappa shape index (κ1) is 27.4. The SMILES string of the molecule is CC(C)NC(=O)O[C@@H]1CC[C@H](c2cc(Nc3nc(C(F)(F)F)cc4nc(COC(F)(F)F)cn34)n[nH]2)[C@@H]1F. The van der Waals surface area contributed by atoms with E-state index in [9.17, 15) is 31.1 Å². The highest BCUT2D eigenvalue weighted by Gasteiger charge is 2.41. The number of alkyl halides is 7. The highest BCUT2D eigenvalue weighted by molar-refractivity contribution is 5.67. The van der Waals surface area contributed by atoms with E-state index in [0.29, 0.717) is 18.2 Å². The minimum Gasteiger partial charge on any atom is -0.443 e. The van der Waals surface area contributed by atoms with Gasteiger partial charge in [0.1, 0.15) is 17.9 Å². The van der Waals surface area contributed by atoms with Crippen molar-refractivity contribution in [1.82, 2.24) is 29.9 Å². The van der Waals surface area contributed by atoms with E-state index < -0.39 is 55.1 Å². The lowest BCUT2D eigenvalue weighted by molar-refractivity contribution is -0.330. The van der Waals surface area contributed by atoms with E-state index in [1.54, 1.807) is 13.8 Å². The summed E-state index contributed by atoms with van der Waals surface area (Å²) in [4.78, 5) is 19.1. The fourth-order valence-electron chi connectivity index (χ4n) is 3.98. The van der Waals surface area contributed by atoms with Crippen molar-refractivity contribution in [2.45, 2.75) is 70.1 Å². The summed E-state index contributed by atoms with van der Waals surface area (Å²) in [6, 6.07) is 1.73. The molecule has 0 unspecified atom stereocenters. The third kappa shape index (κ3) is 6.43. The van der Waals surface area contributed by atoms with Crippen LogP contribution >= 0.6 is 0 Å². The molecule has 0 aromatic carbocycles. The van der Waals surface area contributed by atoms with Crippen LogP contribution in [0.15, 0.2) is 18.3 Å². The first-order valence-electron chi connectivity index (χ1n) is 11.3. The minimum atomic E-state index is -4.96. The van der Waals surface area contributed by atoms with E-state index in [4.69, 9.17) is 4.74 Å². The molecule has 38 heavy (non-hydrogen) atoms.